The van der Waals surface area contributed by atoms with Crippen molar-refractivity contribution in [3.8, 4) is 11.5 Å². The zero-order valence-corrected chi connectivity index (χ0v) is 25.6. The topological polar surface area (TPSA) is 41.9 Å². The van der Waals surface area contributed by atoms with Gasteiger partial charge in [0.25, 0.3) is 0 Å². The van der Waals surface area contributed by atoms with Crippen LogP contribution in [0.3, 0.4) is 0 Å². The number of aryl methyl sites for hydroxylation is 1. The average molecular weight is 538 g/mol. The highest BCUT2D eigenvalue weighted by Crippen LogP contribution is 2.43. The van der Waals surface area contributed by atoms with E-state index >= 15 is 0 Å². The Kier molecular flexibility index (Phi) is 13.6. The van der Waals surface area contributed by atoms with Crippen LogP contribution in [0.4, 0.5) is 0 Å². The van der Waals surface area contributed by atoms with Gasteiger partial charge in [-0.2, -0.15) is 0 Å². The molecule has 1 saturated heterocycles. The van der Waals surface area contributed by atoms with Gasteiger partial charge in [-0.05, 0) is 68.9 Å². The van der Waals surface area contributed by atoms with E-state index < -0.39 is 0 Å². The lowest BCUT2D eigenvalue weighted by atomic mass is 9.84. The maximum atomic E-state index is 10.8. The van der Waals surface area contributed by atoms with Gasteiger partial charge in [0.1, 0.15) is 17.1 Å². The van der Waals surface area contributed by atoms with Crippen LogP contribution in [0.2, 0.25) is 0 Å². The highest BCUT2D eigenvalue weighted by atomic mass is 35.5. The van der Waals surface area contributed by atoms with Crippen LogP contribution in [0.5, 0.6) is 11.5 Å². The van der Waals surface area contributed by atoms with Crippen molar-refractivity contribution in [3.63, 3.8) is 0 Å². The molecule has 0 amide bonds. The number of phenols is 1. The third-order valence-electron chi connectivity index (χ3n) is 8.67. The third kappa shape index (κ3) is 10.3. The van der Waals surface area contributed by atoms with Crippen molar-refractivity contribution in [1.29, 1.82) is 0 Å². The molecule has 3 atom stereocenters. The number of aromatic hydroxyl groups is 1. The van der Waals surface area contributed by atoms with E-state index in [4.69, 9.17) is 9.47 Å². The molecule has 5 heteroatoms. The second-order valence-electron chi connectivity index (χ2n) is 12.8. The van der Waals surface area contributed by atoms with Crippen molar-refractivity contribution in [2.24, 2.45) is 17.8 Å². The number of morpholine rings is 1. The zero-order valence-electron chi connectivity index (χ0n) is 24.7. The Bertz CT molecular complexity index is 808. The first-order valence-electron chi connectivity index (χ1n) is 15.0. The lowest BCUT2D eigenvalue weighted by Crippen LogP contribution is -2.38. The molecule has 0 aliphatic carbocycles. The van der Waals surface area contributed by atoms with Crippen LogP contribution in [0.1, 0.15) is 116 Å². The molecule has 214 valence electrons. The molecule has 1 aromatic rings. The molecule has 1 fully saturated rings. The number of hydrogen-bond acceptors (Lipinski definition) is 4. The van der Waals surface area contributed by atoms with E-state index in [1.165, 1.54) is 56.9 Å². The van der Waals surface area contributed by atoms with Gasteiger partial charge in [-0.25, -0.2) is 0 Å². The van der Waals surface area contributed by atoms with Gasteiger partial charge in [-0.3, -0.25) is 4.90 Å². The van der Waals surface area contributed by atoms with Crippen molar-refractivity contribution >= 4 is 12.4 Å². The minimum absolute atomic E-state index is 0. The molecule has 0 radical (unpaired) electrons. The molecule has 0 bridgehead atoms. The van der Waals surface area contributed by atoms with Crippen LogP contribution in [0, 0.1) is 24.7 Å². The first kappa shape index (κ1) is 32.2. The van der Waals surface area contributed by atoms with Gasteiger partial charge in [-0.15, -0.1) is 12.4 Å². The van der Waals surface area contributed by atoms with Crippen molar-refractivity contribution in [2.75, 3.05) is 26.3 Å². The Hall–Kier alpha value is -0.970. The van der Waals surface area contributed by atoms with Crippen LogP contribution in [-0.2, 0) is 17.7 Å². The predicted molar refractivity (Wildman–Crippen MR) is 158 cm³/mol. The number of rotatable bonds is 14. The molecular formula is C32H56ClNO3. The van der Waals surface area contributed by atoms with Crippen LogP contribution < -0.4 is 4.74 Å². The summed E-state index contributed by atoms with van der Waals surface area (Å²) in [6.07, 6.45) is 13.9. The minimum atomic E-state index is -0.102. The summed E-state index contributed by atoms with van der Waals surface area (Å²) in [5.74, 6) is 3.97. The fourth-order valence-electron chi connectivity index (χ4n) is 6.12. The van der Waals surface area contributed by atoms with Crippen LogP contribution in [0.25, 0.3) is 0 Å². The van der Waals surface area contributed by atoms with Gasteiger partial charge in [0.05, 0.1) is 13.2 Å². The molecule has 2 aliphatic rings. The maximum absolute atomic E-state index is 10.8. The number of ether oxygens (including phenoxy) is 2. The first-order chi connectivity index (χ1) is 17.2. The van der Waals surface area contributed by atoms with Gasteiger partial charge in [0.2, 0.25) is 0 Å². The van der Waals surface area contributed by atoms with Gasteiger partial charge in [-0.1, -0.05) is 72.6 Å². The summed E-state index contributed by atoms with van der Waals surface area (Å²) in [7, 11) is 0. The molecule has 1 aromatic carbocycles. The zero-order chi connectivity index (χ0) is 26.1. The molecule has 2 aliphatic heterocycles. The lowest BCUT2D eigenvalue weighted by molar-refractivity contribution is 0.0325. The lowest BCUT2D eigenvalue weighted by Gasteiger charge is -2.38. The van der Waals surface area contributed by atoms with Crippen molar-refractivity contribution in [2.45, 2.75) is 124 Å². The second kappa shape index (κ2) is 15.6. The van der Waals surface area contributed by atoms with E-state index in [1.807, 2.05) is 6.07 Å². The van der Waals surface area contributed by atoms with Crippen LogP contribution in [0.15, 0.2) is 6.07 Å². The minimum Gasteiger partial charge on any atom is -0.508 e. The molecule has 0 unspecified atom stereocenters. The van der Waals surface area contributed by atoms with E-state index in [0.29, 0.717) is 5.75 Å². The van der Waals surface area contributed by atoms with Crippen LogP contribution in [-0.4, -0.2) is 41.9 Å². The molecule has 1 N–H and O–H groups in total. The summed E-state index contributed by atoms with van der Waals surface area (Å²) in [6.45, 7) is 18.1. The van der Waals surface area contributed by atoms with E-state index in [0.717, 1.165) is 86.7 Å². The highest BCUT2D eigenvalue weighted by molar-refractivity contribution is 5.85. The maximum Gasteiger partial charge on any atom is 0.126 e. The summed E-state index contributed by atoms with van der Waals surface area (Å²) in [4.78, 5) is 2.38. The van der Waals surface area contributed by atoms with Gasteiger partial charge in [0, 0.05) is 30.8 Å². The Labute approximate surface area is 234 Å². The Morgan fingerprint density at radius 3 is 2.16 bits per heavy atom. The summed E-state index contributed by atoms with van der Waals surface area (Å²) in [5, 5.41) is 10.8. The average Bonchev–Trinajstić information content (AvgIpc) is 2.82. The number of benzene rings is 1. The summed E-state index contributed by atoms with van der Waals surface area (Å²) >= 11 is 0. The van der Waals surface area contributed by atoms with Crippen molar-refractivity contribution in [1.82, 2.24) is 4.90 Å². The van der Waals surface area contributed by atoms with Gasteiger partial charge < -0.3 is 14.6 Å². The Morgan fingerprint density at radius 1 is 0.946 bits per heavy atom. The predicted octanol–water partition coefficient (Wildman–Crippen LogP) is 8.48. The molecule has 2 heterocycles. The van der Waals surface area contributed by atoms with Crippen molar-refractivity contribution in [3.05, 3.63) is 22.8 Å². The molecule has 37 heavy (non-hydrogen) atoms. The van der Waals surface area contributed by atoms with E-state index in [2.05, 4.69) is 46.4 Å². The fraction of sp³-hybridized carbons (Fsp3) is 0.812. The Balaban J connectivity index is 0.00000481. The third-order valence-corrected chi connectivity index (χ3v) is 8.67. The summed E-state index contributed by atoms with van der Waals surface area (Å²) in [5.41, 5.74) is 3.25. The van der Waals surface area contributed by atoms with Gasteiger partial charge >= 0.3 is 0 Å². The number of phenolic OH excluding ortho intramolecular Hbond substituents is 1. The molecule has 3 rings (SSSR count). The number of fused-ring (bicyclic) bond motifs is 1. The molecule has 0 aromatic heterocycles. The molecule has 4 nitrogen and oxygen atoms in total. The summed E-state index contributed by atoms with van der Waals surface area (Å²) in [6, 6.07) is 1.91. The smallest absolute Gasteiger partial charge is 0.126 e. The Morgan fingerprint density at radius 2 is 1.54 bits per heavy atom. The SMILES string of the molecule is Cc1cc(O)c(CN2CCOCC2)c2c1O[C@](C)(CCC[C@H](C)CCC[C@H](C)CCCC(C)C)CC2.Cl. The first-order valence-corrected chi connectivity index (χ1v) is 15.0. The number of hydrogen-bond donors (Lipinski definition) is 1. The fourth-order valence-corrected chi connectivity index (χ4v) is 6.12. The largest absolute Gasteiger partial charge is 0.508 e. The molecular weight excluding hydrogens is 482 g/mol. The van der Waals surface area contributed by atoms with E-state index in [9.17, 15) is 5.11 Å². The molecule has 0 spiro atoms. The van der Waals surface area contributed by atoms with E-state index in [-0.39, 0.29) is 18.0 Å². The quantitative estimate of drug-likeness (QED) is 0.258. The monoisotopic (exact) mass is 537 g/mol. The standard InChI is InChI=1S/C32H55NO3.ClH/c1-24(2)10-7-11-25(3)12-8-13-26(4)14-9-16-32(6)17-15-28-29(23-33-18-20-35-21-19-33)30(34)22-27(5)31(28)36-32;/h22,24-26,34H,7-21,23H2,1-6H3;1H/t25-,26-,32-;/m1./s1. The number of nitrogens with zero attached hydrogens (tertiary/aromatic N) is 1. The summed E-state index contributed by atoms with van der Waals surface area (Å²) < 4.78 is 12.2. The normalized spacial score (nSPS) is 21.7. The highest BCUT2D eigenvalue weighted by Gasteiger charge is 2.34. The van der Waals surface area contributed by atoms with Gasteiger partial charge in [0.15, 0.2) is 0 Å². The molecule has 0 saturated carbocycles. The number of halogens is 1. The van der Waals surface area contributed by atoms with Crippen LogP contribution >= 0.6 is 12.4 Å². The van der Waals surface area contributed by atoms with E-state index in [1.54, 1.807) is 0 Å². The second-order valence-corrected chi connectivity index (χ2v) is 12.8. The van der Waals surface area contributed by atoms with Crippen molar-refractivity contribution < 1.29 is 14.6 Å².